The number of rotatable bonds is 6. The second-order valence-electron chi connectivity index (χ2n) is 7.81. The van der Waals surface area contributed by atoms with E-state index in [-0.39, 0.29) is 16.1 Å². The molecule has 0 spiro atoms. The zero-order valence-electron chi connectivity index (χ0n) is 18.4. The average Bonchev–Trinajstić information content (AvgIpc) is 2.83. The molecule has 34 heavy (non-hydrogen) atoms. The van der Waals surface area contributed by atoms with Crippen LogP contribution in [-0.2, 0) is 4.74 Å². The number of aromatic nitrogens is 1. The molecule has 0 atom stereocenters. The van der Waals surface area contributed by atoms with Crippen LogP contribution < -0.4 is 0 Å². The van der Waals surface area contributed by atoms with E-state index in [4.69, 9.17) is 21.3 Å². The second kappa shape index (κ2) is 9.41. The van der Waals surface area contributed by atoms with Gasteiger partial charge in [0.2, 0.25) is 5.78 Å². The minimum Gasteiger partial charge on any atom is -0.454 e. The maximum Gasteiger partial charge on any atom is 0.339 e. The van der Waals surface area contributed by atoms with Crippen molar-refractivity contribution in [1.29, 1.82) is 0 Å². The summed E-state index contributed by atoms with van der Waals surface area (Å²) in [6.45, 7) is 3.37. The van der Waals surface area contributed by atoms with Gasteiger partial charge >= 0.3 is 5.97 Å². The Hall–Kier alpha value is -4.10. The van der Waals surface area contributed by atoms with Crippen molar-refractivity contribution in [2.45, 2.75) is 13.8 Å². The van der Waals surface area contributed by atoms with Crippen LogP contribution in [0.5, 0.6) is 0 Å². The molecule has 1 aromatic heterocycles. The summed E-state index contributed by atoms with van der Waals surface area (Å²) < 4.78 is 5.31. The fraction of sp³-hybridized carbons (Fsp3) is 0.115. The first-order valence-electron chi connectivity index (χ1n) is 10.4. The van der Waals surface area contributed by atoms with Gasteiger partial charge in [0, 0.05) is 22.6 Å². The number of carbonyl (C=O) groups is 2. The largest absolute Gasteiger partial charge is 0.454 e. The lowest BCUT2D eigenvalue weighted by atomic mass is 9.99. The topological polar surface area (TPSA) is 99.4 Å². The minimum atomic E-state index is -0.693. The number of fused-ring (bicyclic) bond motifs is 1. The summed E-state index contributed by atoms with van der Waals surface area (Å²) in [7, 11) is 0. The number of esters is 1. The monoisotopic (exact) mass is 474 g/mol. The molecule has 0 aliphatic heterocycles. The van der Waals surface area contributed by atoms with Gasteiger partial charge in [0.15, 0.2) is 6.61 Å². The van der Waals surface area contributed by atoms with Crippen LogP contribution in [0.1, 0.15) is 31.8 Å². The van der Waals surface area contributed by atoms with Gasteiger partial charge in [0.05, 0.1) is 21.7 Å². The van der Waals surface area contributed by atoms with Crippen molar-refractivity contribution in [3.63, 3.8) is 0 Å². The summed E-state index contributed by atoms with van der Waals surface area (Å²) in [5.41, 5.74) is 4.10. The fourth-order valence-corrected chi connectivity index (χ4v) is 3.80. The summed E-state index contributed by atoms with van der Waals surface area (Å²) in [4.78, 5) is 40.7. The van der Waals surface area contributed by atoms with Gasteiger partial charge in [-0.2, -0.15) is 0 Å². The number of nitro groups is 1. The first-order chi connectivity index (χ1) is 16.2. The smallest absolute Gasteiger partial charge is 0.339 e. The Morgan fingerprint density at radius 1 is 1.03 bits per heavy atom. The van der Waals surface area contributed by atoms with Gasteiger partial charge in [0.25, 0.3) is 5.69 Å². The molecule has 0 radical (unpaired) electrons. The zero-order valence-corrected chi connectivity index (χ0v) is 19.1. The van der Waals surface area contributed by atoms with Gasteiger partial charge in [-0.25, -0.2) is 9.78 Å². The Morgan fingerprint density at radius 3 is 2.56 bits per heavy atom. The van der Waals surface area contributed by atoms with Crippen molar-refractivity contribution >= 4 is 39.9 Å². The molecule has 1 heterocycles. The lowest BCUT2D eigenvalue weighted by molar-refractivity contribution is -0.384. The Kier molecular flexibility index (Phi) is 6.38. The van der Waals surface area contributed by atoms with Crippen LogP contribution in [0, 0.1) is 24.0 Å². The molecule has 8 heteroatoms. The van der Waals surface area contributed by atoms with E-state index in [9.17, 15) is 19.7 Å². The lowest BCUT2D eigenvalue weighted by Gasteiger charge is -2.12. The van der Waals surface area contributed by atoms with Crippen molar-refractivity contribution < 1.29 is 19.2 Å². The van der Waals surface area contributed by atoms with E-state index in [2.05, 4.69) is 0 Å². The number of aryl methyl sites for hydroxylation is 2. The standard InChI is InChI=1S/C26H19ClN2O5/c1-15-7-8-16(2)19(11-15)23-13-20(18-5-3-4-6-22(18)28-23)26(31)34-14-25(30)17-9-10-21(27)24(12-17)29(32)33/h3-13H,14H2,1-2H3. The van der Waals surface area contributed by atoms with E-state index in [0.717, 1.165) is 22.8 Å². The zero-order chi connectivity index (χ0) is 24.4. The van der Waals surface area contributed by atoms with Crippen molar-refractivity contribution in [3.8, 4) is 11.3 Å². The summed E-state index contributed by atoms with van der Waals surface area (Å²) in [5.74, 6) is -1.27. The highest BCUT2D eigenvalue weighted by atomic mass is 35.5. The van der Waals surface area contributed by atoms with E-state index in [0.29, 0.717) is 16.6 Å². The third-order valence-electron chi connectivity index (χ3n) is 5.40. The molecule has 0 bridgehead atoms. The van der Waals surface area contributed by atoms with Gasteiger partial charge in [-0.1, -0.05) is 47.5 Å². The third-order valence-corrected chi connectivity index (χ3v) is 5.72. The third kappa shape index (κ3) is 4.65. The van der Waals surface area contributed by atoms with E-state index < -0.39 is 29.0 Å². The molecule has 4 rings (SSSR count). The Morgan fingerprint density at radius 2 is 1.79 bits per heavy atom. The number of ketones is 1. The molecule has 170 valence electrons. The maximum atomic E-state index is 13.0. The van der Waals surface area contributed by atoms with Crippen LogP contribution in [0.15, 0.2) is 66.7 Å². The van der Waals surface area contributed by atoms with E-state index in [1.165, 1.54) is 12.1 Å². The molecule has 4 aromatic rings. The number of nitrogens with zero attached hydrogens (tertiary/aromatic N) is 2. The summed E-state index contributed by atoms with van der Waals surface area (Å²) in [6, 6.07) is 18.5. The number of Topliss-reactive ketones (excluding diaryl/α,β-unsaturated/α-hetero) is 1. The number of nitro benzene ring substituents is 1. The molecule has 3 aromatic carbocycles. The highest BCUT2D eigenvalue weighted by Gasteiger charge is 2.20. The molecule has 0 fully saturated rings. The lowest BCUT2D eigenvalue weighted by Crippen LogP contribution is -2.15. The molecular formula is C26H19ClN2O5. The van der Waals surface area contributed by atoms with Crippen LogP contribution in [0.4, 0.5) is 5.69 Å². The molecule has 0 saturated carbocycles. The van der Waals surface area contributed by atoms with E-state index in [1.807, 2.05) is 38.1 Å². The summed E-state index contributed by atoms with van der Waals surface area (Å²) >= 11 is 5.80. The van der Waals surface area contributed by atoms with Crippen LogP contribution in [0.3, 0.4) is 0 Å². The number of hydrogen-bond acceptors (Lipinski definition) is 6. The molecule has 0 N–H and O–H groups in total. The number of benzene rings is 3. The maximum absolute atomic E-state index is 13.0. The van der Waals surface area contributed by atoms with Gasteiger partial charge in [-0.05, 0) is 49.7 Å². The van der Waals surface area contributed by atoms with Crippen molar-refractivity contribution in [3.05, 3.63) is 104 Å². The quantitative estimate of drug-likeness (QED) is 0.144. The normalized spacial score (nSPS) is 10.8. The highest BCUT2D eigenvalue weighted by molar-refractivity contribution is 6.32. The molecule has 0 unspecified atom stereocenters. The van der Waals surface area contributed by atoms with Gasteiger partial charge in [-0.3, -0.25) is 14.9 Å². The highest BCUT2D eigenvalue weighted by Crippen LogP contribution is 2.29. The number of pyridine rings is 1. The molecular weight excluding hydrogens is 456 g/mol. The fourth-order valence-electron chi connectivity index (χ4n) is 3.61. The number of halogens is 1. The van der Waals surface area contributed by atoms with E-state index in [1.54, 1.807) is 24.3 Å². The Labute approximate surface area is 200 Å². The summed E-state index contributed by atoms with van der Waals surface area (Å²) in [5, 5.41) is 11.6. The number of hydrogen-bond donors (Lipinski definition) is 0. The second-order valence-corrected chi connectivity index (χ2v) is 8.22. The number of carbonyl (C=O) groups excluding carboxylic acids is 2. The summed E-state index contributed by atoms with van der Waals surface area (Å²) in [6.07, 6.45) is 0. The SMILES string of the molecule is Cc1ccc(C)c(-c2cc(C(=O)OCC(=O)c3ccc(Cl)c([N+](=O)[O-])c3)c3ccccc3n2)c1. The predicted molar refractivity (Wildman–Crippen MR) is 129 cm³/mol. The molecule has 7 nitrogen and oxygen atoms in total. The van der Waals surface area contributed by atoms with Crippen molar-refractivity contribution in [2.75, 3.05) is 6.61 Å². The minimum absolute atomic E-state index is 0.0274. The van der Waals surface area contributed by atoms with Gasteiger partial charge in [0.1, 0.15) is 5.02 Å². The van der Waals surface area contributed by atoms with Crippen LogP contribution in [-0.4, -0.2) is 28.3 Å². The molecule has 0 amide bonds. The van der Waals surface area contributed by atoms with Crippen LogP contribution in [0.2, 0.25) is 5.02 Å². The van der Waals surface area contributed by atoms with Gasteiger partial charge < -0.3 is 4.74 Å². The van der Waals surface area contributed by atoms with Gasteiger partial charge in [-0.15, -0.1) is 0 Å². The Balaban J connectivity index is 1.65. The predicted octanol–water partition coefficient (Wildman–Crippen LogP) is 6.12. The first kappa shape index (κ1) is 23.1. The van der Waals surface area contributed by atoms with Crippen molar-refractivity contribution in [2.24, 2.45) is 0 Å². The van der Waals surface area contributed by atoms with Crippen LogP contribution in [0.25, 0.3) is 22.2 Å². The van der Waals surface area contributed by atoms with E-state index >= 15 is 0 Å². The Bertz CT molecular complexity index is 1470. The number of para-hydroxylation sites is 1. The molecule has 0 aliphatic carbocycles. The number of ether oxygens (including phenoxy) is 1. The molecule has 0 aliphatic rings. The van der Waals surface area contributed by atoms with Crippen molar-refractivity contribution in [1.82, 2.24) is 4.98 Å². The first-order valence-corrected chi connectivity index (χ1v) is 10.7. The van der Waals surface area contributed by atoms with Crippen LogP contribution >= 0.6 is 11.6 Å². The average molecular weight is 475 g/mol. The molecule has 0 saturated heterocycles.